The third-order valence-corrected chi connectivity index (χ3v) is 7.65. The van der Waals surface area contributed by atoms with E-state index in [1.54, 1.807) is 0 Å². The Labute approximate surface area is 178 Å². The smallest absolute Gasteiger partial charge is 0.243 e. The van der Waals surface area contributed by atoms with E-state index in [0.29, 0.717) is 38.5 Å². The molecule has 1 fully saturated rings. The van der Waals surface area contributed by atoms with Crippen LogP contribution in [0.2, 0.25) is 0 Å². The number of rotatable bonds is 8. The Morgan fingerprint density at radius 2 is 1.70 bits per heavy atom. The summed E-state index contributed by atoms with van der Waals surface area (Å²) in [6.45, 7) is 4.13. The molecule has 0 N–H and O–H groups in total. The van der Waals surface area contributed by atoms with Gasteiger partial charge in [0.25, 0.3) is 0 Å². The summed E-state index contributed by atoms with van der Waals surface area (Å²) in [6, 6.07) is 14.9. The highest BCUT2D eigenvalue weighted by atomic mass is 32.2. The minimum atomic E-state index is -3.59. The SMILES string of the molecule is CCN(Cc1ccccc1)C(=O)CCC1CCN(S(=O)(=O)c2ccc(F)cc2)CC1. The van der Waals surface area contributed by atoms with Gasteiger partial charge in [-0.05, 0) is 61.9 Å². The molecule has 0 bridgehead atoms. The molecule has 1 aliphatic heterocycles. The van der Waals surface area contributed by atoms with Crippen molar-refractivity contribution in [3.8, 4) is 0 Å². The number of hydrogen-bond donors (Lipinski definition) is 0. The van der Waals surface area contributed by atoms with E-state index in [-0.39, 0.29) is 10.8 Å². The Kier molecular flexibility index (Phi) is 7.61. The number of nitrogens with zero attached hydrogens (tertiary/aromatic N) is 2. The summed E-state index contributed by atoms with van der Waals surface area (Å²) >= 11 is 0. The van der Waals surface area contributed by atoms with Gasteiger partial charge in [-0.1, -0.05) is 30.3 Å². The highest BCUT2D eigenvalue weighted by molar-refractivity contribution is 7.89. The standard InChI is InChI=1S/C23H29FN2O3S/c1-2-25(18-20-6-4-3-5-7-20)23(27)13-8-19-14-16-26(17-15-19)30(28,29)22-11-9-21(24)10-12-22/h3-7,9-12,19H,2,8,13-18H2,1H3. The highest BCUT2D eigenvalue weighted by Crippen LogP contribution is 2.27. The van der Waals surface area contributed by atoms with Crippen LogP contribution >= 0.6 is 0 Å². The van der Waals surface area contributed by atoms with Crippen molar-refractivity contribution in [2.45, 2.75) is 44.0 Å². The molecule has 2 aromatic rings. The zero-order valence-electron chi connectivity index (χ0n) is 17.3. The van der Waals surface area contributed by atoms with Gasteiger partial charge in [-0.2, -0.15) is 4.31 Å². The second-order valence-electron chi connectivity index (χ2n) is 7.73. The van der Waals surface area contributed by atoms with Crippen LogP contribution in [-0.2, 0) is 21.4 Å². The van der Waals surface area contributed by atoms with Crippen LogP contribution in [0.1, 0.15) is 38.2 Å². The van der Waals surface area contributed by atoms with Crippen molar-refractivity contribution in [3.63, 3.8) is 0 Å². The third kappa shape index (κ3) is 5.67. The topological polar surface area (TPSA) is 57.7 Å². The third-order valence-electron chi connectivity index (χ3n) is 5.74. The van der Waals surface area contributed by atoms with E-state index in [9.17, 15) is 17.6 Å². The summed E-state index contributed by atoms with van der Waals surface area (Å²) < 4.78 is 40.0. The summed E-state index contributed by atoms with van der Waals surface area (Å²) in [4.78, 5) is 14.6. The second-order valence-corrected chi connectivity index (χ2v) is 9.67. The molecule has 162 valence electrons. The van der Waals surface area contributed by atoms with Gasteiger partial charge in [0.05, 0.1) is 4.90 Å². The van der Waals surface area contributed by atoms with E-state index in [4.69, 9.17) is 0 Å². The van der Waals surface area contributed by atoms with E-state index in [1.807, 2.05) is 42.2 Å². The molecule has 1 amide bonds. The van der Waals surface area contributed by atoms with E-state index in [1.165, 1.54) is 28.6 Å². The Bertz CT molecular complexity index is 925. The number of carbonyl (C=O) groups excluding carboxylic acids is 1. The first-order valence-electron chi connectivity index (χ1n) is 10.5. The second kappa shape index (κ2) is 10.2. The summed E-state index contributed by atoms with van der Waals surface area (Å²) in [5.41, 5.74) is 1.12. The van der Waals surface area contributed by atoms with Gasteiger partial charge >= 0.3 is 0 Å². The predicted octanol–water partition coefficient (Wildman–Crippen LogP) is 4.06. The molecule has 7 heteroatoms. The van der Waals surface area contributed by atoms with Crippen molar-refractivity contribution in [3.05, 3.63) is 66.0 Å². The fraction of sp³-hybridized carbons (Fsp3) is 0.435. The average molecular weight is 433 g/mol. The Morgan fingerprint density at radius 1 is 1.07 bits per heavy atom. The maximum atomic E-state index is 13.1. The van der Waals surface area contributed by atoms with Crippen LogP contribution in [-0.4, -0.2) is 43.2 Å². The van der Waals surface area contributed by atoms with Gasteiger partial charge in [0.15, 0.2) is 0 Å². The molecule has 5 nitrogen and oxygen atoms in total. The fourth-order valence-electron chi connectivity index (χ4n) is 3.86. The molecule has 0 atom stereocenters. The molecule has 0 spiro atoms. The molecule has 0 aliphatic carbocycles. The van der Waals surface area contributed by atoms with Crippen molar-refractivity contribution >= 4 is 15.9 Å². The van der Waals surface area contributed by atoms with Crippen LogP contribution in [0.3, 0.4) is 0 Å². The largest absolute Gasteiger partial charge is 0.339 e. The van der Waals surface area contributed by atoms with Gasteiger partial charge in [0.2, 0.25) is 15.9 Å². The van der Waals surface area contributed by atoms with Crippen LogP contribution < -0.4 is 0 Å². The lowest BCUT2D eigenvalue weighted by molar-refractivity contribution is -0.132. The quantitative estimate of drug-likeness (QED) is 0.632. The van der Waals surface area contributed by atoms with Gasteiger partial charge in [0.1, 0.15) is 5.82 Å². The molecule has 2 aromatic carbocycles. The van der Waals surface area contributed by atoms with Crippen molar-refractivity contribution in [1.82, 2.24) is 9.21 Å². The van der Waals surface area contributed by atoms with Crippen LogP contribution in [0.15, 0.2) is 59.5 Å². The average Bonchev–Trinajstić information content (AvgIpc) is 2.77. The number of piperidine rings is 1. The lowest BCUT2D eigenvalue weighted by atomic mass is 9.93. The normalized spacial score (nSPS) is 15.8. The molecule has 0 unspecified atom stereocenters. The summed E-state index contributed by atoms with van der Waals surface area (Å²) in [5, 5.41) is 0. The zero-order valence-corrected chi connectivity index (χ0v) is 18.2. The minimum absolute atomic E-state index is 0.122. The molecule has 30 heavy (non-hydrogen) atoms. The first kappa shape index (κ1) is 22.4. The van der Waals surface area contributed by atoms with E-state index < -0.39 is 15.8 Å². The van der Waals surface area contributed by atoms with Crippen LogP contribution in [0.5, 0.6) is 0 Å². The van der Waals surface area contributed by atoms with E-state index in [2.05, 4.69) is 0 Å². The number of benzene rings is 2. The lowest BCUT2D eigenvalue weighted by Crippen LogP contribution is -2.38. The van der Waals surface area contributed by atoms with Crippen molar-refractivity contribution < 1.29 is 17.6 Å². The Morgan fingerprint density at radius 3 is 2.30 bits per heavy atom. The molecule has 1 aliphatic rings. The first-order valence-corrected chi connectivity index (χ1v) is 11.9. The molecule has 1 saturated heterocycles. The predicted molar refractivity (Wildman–Crippen MR) is 115 cm³/mol. The highest BCUT2D eigenvalue weighted by Gasteiger charge is 2.29. The number of hydrogen-bond acceptors (Lipinski definition) is 3. The number of carbonyl (C=O) groups is 1. The van der Waals surface area contributed by atoms with Gasteiger partial charge in [0, 0.05) is 32.6 Å². The molecule has 3 rings (SSSR count). The number of sulfonamides is 1. The summed E-state index contributed by atoms with van der Waals surface area (Å²) in [6.07, 6.45) is 2.72. The molecule has 0 aromatic heterocycles. The summed E-state index contributed by atoms with van der Waals surface area (Å²) in [7, 11) is -3.59. The monoisotopic (exact) mass is 432 g/mol. The fourth-order valence-corrected chi connectivity index (χ4v) is 5.33. The minimum Gasteiger partial charge on any atom is -0.339 e. The molecular formula is C23H29FN2O3S. The van der Waals surface area contributed by atoms with Crippen LogP contribution in [0, 0.1) is 11.7 Å². The Hall–Kier alpha value is -2.25. The first-order chi connectivity index (χ1) is 14.4. The summed E-state index contributed by atoms with van der Waals surface area (Å²) in [5.74, 6) is 0.0254. The number of halogens is 1. The van der Waals surface area contributed by atoms with Crippen LogP contribution in [0.4, 0.5) is 4.39 Å². The zero-order chi connectivity index (χ0) is 21.6. The molecule has 1 heterocycles. The van der Waals surface area contributed by atoms with E-state index in [0.717, 1.165) is 24.8 Å². The van der Waals surface area contributed by atoms with Crippen molar-refractivity contribution in [2.24, 2.45) is 5.92 Å². The Balaban J connectivity index is 1.48. The van der Waals surface area contributed by atoms with Crippen LogP contribution in [0.25, 0.3) is 0 Å². The van der Waals surface area contributed by atoms with Crippen molar-refractivity contribution in [2.75, 3.05) is 19.6 Å². The number of amides is 1. The van der Waals surface area contributed by atoms with E-state index >= 15 is 0 Å². The van der Waals surface area contributed by atoms with Gasteiger partial charge in [-0.15, -0.1) is 0 Å². The van der Waals surface area contributed by atoms with Gasteiger partial charge in [-0.3, -0.25) is 4.79 Å². The maximum Gasteiger partial charge on any atom is 0.243 e. The van der Waals surface area contributed by atoms with Gasteiger partial charge in [-0.25, -0.2) is 12.8 Å². The molecular weight excluding hydrogens is 403 g/mol. The molecule has 0 radical (unpaired) electrons. The maximum absolute atomic E-state index is 13.1. The van der Waals surface area contributed by atoms with Crippen molar-refractivity contribution in [1.29, 1.82) is 0 Å². The lowest BCUT2D eigenvalue weighted by Gasteiger charge is -2.31. The van der Waals surface area contributed by atoms with Gasteiger partial charge < -0.3 is 4.90 Å². The molecule has 0 saturated carbocycles.